The van der Waals surface area contributed by atoms with Gasteiger partial charge in [0.1, 0.15) is 0 Å². The van der Waals surface area contributed by atoms with Crippen LogP contribution in [0.5, 0.6) is 0 Å². The first-order valence-corrected chi connectivity index (χ1v) is 5.77. The van der Waals surface area contributed by atoms with E-state index >= 15 is 0 Å². The normalized spacial score (nSPS) is 15.4. The lowest BCUT2D eigenvalue weighted by molar-refractivity contribution is 0.635. The Morgan fingerprint density at radius 1 is 1.36 bits per heavy atom. The van der Waals surface area contributed by atoms with E-state index in [4.69, 9.17) is 0 Å². The first kappa shape index (κ1) is 8.26. The number of nitrogens with one attached hydrogen (secondary N) is 2. The van der Waals surface area contributed by atoms with Crippen LogP contribution in [0.15, 0.2) is 23.7 Å². The second-order valence-electron chi connectivity index (χ2n) is 3.56. The first-order chi connectivity index (χ1) is 6.95. The second kappa shape index (κ2) is 3.26. The van der Waals surface area contributed by atoms with E-state index in [1.807, 2.05) is 11.3 Å². The number of hydrogen-bond acceptors (Lipinski definition) is 2. The lowest BCUT2D eigenvalue weighted by Gasteiger charge is -2.13. The summed E-state index contributed by atoms with van der Waals surface area (Å²) in [5, 5.41) is 5.51. The van der Waals surface area contributed by atoms with Gasteiger partial charge in [-0.3, -0.25) is 0 Å². The first-order valence-electron chi connectivity index (χ1n) is 4.89. The molecule has 0 amide bonds. The van der Waals surface area contributed by atoms with E-state index in [0.29, 0.717) is 0 Å². The van der Waals surface area contributed by atoms with Crippen molar-refractivity contribution in [3.05, 3.63) is 35.0 Å². The van der Waals surface area contributed by atoms with Crippen molar-refractivity contribution in [3.8, 4) is 10.4 Å². The number of thiophene rings is 1. The van der Waals surface area contributed by atoms with Gasteiger partial charge in [0.25, 0.3) is 0 Å². The molecule has 1 aliphatic rings. The molecule has 0 saturated carbocycles. The van der Waals surface area contributed by atoms with Gasteiger partial charge in [-0.2, -0.15) is 0 Å². The standard InChI is InChI=1S/C11H12N2S/c1-2-11(14-5-1)9-6-13-10-7-12-4-3-8(9)10/h1-2,5-6,12-13H,3-4,7H2. The van der Waals surface area contributed by atoms with Crippen molar-refractivity contribution in [3.63, 3.8) is 0 Å². The summed E-state index contributed by atoms with van der Waals surface area (Å²) in [5.74, 6) is 0. The van der Waals surface area contributed by atoms with Gasteiger partial charge in [-0.15, -0.1) is 11.3 Å². The third kappa shape index (κ3) is 1.21. The fourth-order valence-corrected chi connectivity index (χ4v) is 2.79. The van der Waals surface area contributed by atoms with E-state index in [-0.39, 0.29) is 0 Å². The van der Waals surface area contributed by atoms with Gasteiger partial charge >= 0.3 is 0 Å². The second-order valence-corrected chi connectivity index (χ2v) is 4.51. The van der Waals surface area contributed by atoms with Gasteiger partial charge in [0.2, 0.25) is 0 Å². The Morgan fingerprint density at radius 3 is 3.21 bits per heavy atom. The van der Waals surface area contributed by atoms with Crippen LogP contribution in [0.25, 0.3) is 10.4 Å². The van der Waals surface area contributed by atoms with Crippen LogP contribution >= 0.6 is 11.3 Å². The van der Waals surface area contributed by atoms with Crippen molar-refractivity contribution in [2.45, 2.75) is 13.0 Å². The fourth-order valence-electron chi connectivity index (χ4n) is 2.02. The lowest BCUT2D eigenvalue weighted by atomic mass is 10.0. The number of hydrogen-bond donors (Lipinski definition) is 2. The molecule has 2 aromatic heterocycles. The van der Waals surface area contributed by atoms with Crippen LogP contribution in [0.3, 0.4) is 0 Å². The van der Waals surface area contributed by atoms with E-state index < -0.39 is 0 Å². The number of aromatic amines is 1. The molecule has 3 heterocycles. The molecule has 0 fully saturated rings. The monoisotopic (exact) mass is 204 g/mol. The third-order valence-electron chi connectivity index (χ3n) is 2.72. The van der Waals surface area contributed by atoms with Crippen LogP contribution in [-0.2, 0) is 13.0 Å². The van der Waals surface area contributed by atoms with Crippen molar-refractivity contribution < 1.29 is 0 Å². The number of aromatic nitrogens is 1. The molecule has 3 heteroatoms. The number of H-pyrrole nitrogens is 1. The summed E-state index contributed by atoms with van der Waals surface area (Å²) in [6.45, 7) is 2.09. The molecule has 14 heavy (non-hydrogen) atoms. The van der Waals surface area contributed by atoms with Crippen molar-refractivity contribution >= 4 is 11.3 Å². The van der Waals surface area contributed by atoms with Gasteiger partial charge < -0.3 is 10.3 Å². The van der Waals surface area contributed by atoms with Crippen LogP contribution < -0.4 is 5.32 Å². The highest BCUT2D eigenvalue weighted by molar-refractivity contribution is 7.13. The molecule has 0 aromatic carbocycles. The lowest BCUT2D eigenvalue weighted by Crippen LogP contribution is -2.23. The minimum atomic E-state index is 0.987. The SMILES string of the molecule is c1csc(-c2c[nH]c3c2CCNC3)c1. The number of fused-ring (bicyclic) bond motifs is 1. The molecule has 0 aliphatic carbocycles. The average molecular weight is 204 g/mol. The maximum absolute atomic E-state index is 3.37. The highest BCUT2D eigenvalue weighted by Gasteiger charge is 2.15. The van der Waals surface area contributed by atoms with Crippen LogP contribution in [-0.4, -0.2) is 11.5 Å². The molecule has 0 spiro atoms. The largest absolute Gasteiger partial charge is 0.363 e. The van der Waals surface area contributed by atoms with E-state index in [9.17, 15) is 0 Å². The van der Waals surface area contributed by atoms with Crippen molar-refractivity contribution in [2.75, 3.05) is 6.54 Å². The van der Waals surface area contributed by atoms with Crippen molar-refractivity contribution in [2.24, 2.45) is 0 Å². The summed E-state index contributed by atoms with van der Waals surface area (Å²) in [5.41, 5.74) is 4.27. The maximum Gasteiger partial charge on any atom is 0.0360 e. The molecule has 0 atom stereocenters. The van der Waals surface area contributed by atoms with Gasteiger partial charge in [0, 0.05) is 28.9 Å². The summed E-state index contributed by atoms with van der Waals surface area (Å²) >= 11 is 1.81. The Balaban J connectivity index is 2.11. The summed E-state index contributed by atoms with van der Waals surface area (Å²) in [7, 11) is 0. The number of rotatable bonds is 1. The topological polar surface area (TPSA) is 27.8 Å². The predicted molar refractivity (Wildman–Crippen MR) is 59.5 cm³/mol. The van der Waals surface area contributed by atoms with Gasteiger partial charge in [-0.1, -0.05) is 6.07 Å². The van der Waals surface area contributed by atoms with Crippen molar-refractivity contribution in [1.29, 1.82) is 0 Å². The summed E-state index contributed by atoms with van der Waals surface area (Å²) in [6.07, 6.45) is 3.29. The predicted octanol–water partition coefficient (Wildman–Crippen LogP) is 2.39. The van der Waals surface area contributed by atoms with Crippen LogP contribution in [0.1, 0.15) is 11.3 Å². The third-order valence-corrected chi connectivity index (χ3v) is 3.62. The Bertz CT molecular complexity index is 428. The van der Waals surface area contributed by atoms with Crippen LogP contribution in [0, 0.1) is 0 Å². The molecule has 2 aromatic rings. The minimum Gasteiger partial charge on any atom is -0.363 e. The van der Waals surface area contributed by atoms with E-state index in [1.54, 1.807) is 0 Å². The van der Waals surface area contributed by atoms with Crippen molar-refractivity contribution in [1.82, 2.24) is 10.3 Å². The summed E-state index contributed by atoms with van der Waals surface area (Å²) < 4.78 is 0. The van der Waals surface area contributed by atoms with E-state index in [2.05, 4.69) is 34.0 Å². The van der Waals surface area contributed by atoms with E-state index in [0.717, 1.165) is 19.5 Å². The van der Waals surface area contributed by atoms with Crippen LogP contribution in [0.4, 0.5) is 0 Å². The highest BCUT2D eigenvalue weighted by Crippen LogP contribution is 2.31. The Morgan fingerprint density at radius 2 is 2.36 bits per heavy atom. The summed E-state index contributed by atoms with van der Waals surface area (Å²) in [6, 6.07) is 4.30. The van der Waals surface area contributed by atoms with Gasteiger partial charge in [0.05, 0.1) is 0 Å². The zero-order valence-electron chi connectivity index (χ0n) is 7.84. The zero-order chi connectivity index (χ0) is 9.38. The Labute approximate surface area is 87.0 Å². The van der Waals surface area contributed by atoms with Gasteiger partial charge in [0.15, 0.2) is 0 Å². The molecule has 72 valence electrons. The Kier molecular flexibility index (Phi) is 1.92. The summed E-state index contributed by atoms with van der Waals surface area (Å²) in [4.78, 5) is 4.74. The molecular formula is C11H12N2S. The molecule has 2 N–H and O–H groups in total. The average Bonchev–Trinajstić information content (AvgIpc) is 2.85. The minimum absolute atomic E-state index is 0.987. The molecule has 0 unspecified atom stereocenters. The quantitative estimate of drug-likeness (QED) is 0.733. The van der Waals surface area contributed by atoms with Gasteiger partial charge in [-0.25, -0.2) is 0 Å². The highest BCUT2D eigenvalue weighted by atomic mass is 32.1. The fraction of sp³-hybridized carbons (Fsp3) is 0.273. The molecule has 1 aliphatic heterocycles. The Hall–Kier alpha value is -1.06. The molecule has 0 bridgehead atoms. The molecule has 0 saturated heterocycles. The molecular weight excluding hydrogens is 192 g/mol. The smallest absolute Gasteiger partial charge is 0.0360 e. The van der Waals surface area contributed by atoms with Gasteiger partial charge in [-0.05, 0) is 30.0 Å². The molecule has 0 radical (unpaired) electrons. The molecule has 3 rings (SSSR count). The van der Waals surface area contributed by atoms with Crippen LogP contribution in [0.2, 0.25) is 0 Å². The van der Waals surface area contributed by atoms with E-state index in [1.165, 1.54) is 21.7 Å². The maximum atomic E-state index is 3.37. The zero-order valence-corrected chi connectivity index (χ0v) is 8.66. The molecule has 2 nitrogen and oxygen atoms in total.